The summed E-state index contributed by atoms with van der Waals surface area (Å²) in [6.45, 7) is 3.33. The van der Waals surface area contributed by atoms with Crippen LogP contribution in [0, 0.1) is 5.82 Å². The van der Waals surface area contributed by atoms with E-state index < -0.39 is 32.7 Å². The molecule has 0 spiro atoms. The number of carboxylic acids is 1. The first kappa shape index (κ1) is 14.3. The Bertz CT molecular complexity index is 559. The molecule has 1 aromatic heterocycles. The lowest BCUT2D eigenvalue weighted by molar-refractivity contribution is -0.138. The minimum absolute atomic E-state index is 0.0860. The summed E-state index contributed by atoms with van der Waals surface area (Å²) in [6.07, 6.45) is 2.96. The largest absolute Gasteiger partial charge is 0.480 e. The highest BCUT2D eigenvalue weighted by molar-refractivity contribution is 7.89. The monoisotopic (exact) mass is 274 g/mol. The van der Waals surface area contributed by atoms with Crippen LogP contribution in [0.15, 0.2) is 36.0 Å². The van der Waals surface area contributed by atoms with Crippen LogP contribution in [-0.2, 0) is 14.8 Å². The van der Waals surface area contributed by atoms with Gasteiger partial charge in [0.25, 0.3) is 0 Å². The van der Waals surface area contributed by atoms with Crippen molar-refractivity contribution in [3.63, 3.8) is 0 Å². The van der Waals surface area contributed by atoms with E-state index in [1.807, 2.05) is 4.72 Å². The molecule has 6 nitrogen and oxygen atoms in total. The quantitative estimate of drug-likeness (QED) is 0.737. The van der Waals surface area contributed by atoms with E-state index in [-0.39, 0.29) is 6.42 Å². The lowest BCUT2D eigenvalue weighted by atomic mass is 10.2. The standard InChI is InChI=1S/C10H11FN2O4S/c1-2-3-9(10(14)15)13-18(16,17)8-4-7(11)5-12-6-8/h2,4-6,9,13H,1,3H2,(H,14,15). The van der Waals surface area contributed by atoms with Crippen LogP contribution in [0.5, 0.6) is 0 Å². The second-order valence-corrected chi connectivity index (χ2v) is 5.09. The Morgan fingerprint density at radius 2 is 2.28 bits per heavy atom. The number of pyridine rings is 1. The van der Waals surface area contributed by atoms with Gasteiger partial charge in [-0.15, -0.1) is 6.58 Å². The van der Waals surface area contributed by atoms with Crippen molar-refractivity contribution in [2.45, 2.75) is 17.4 Å². The van der Waals surface area contributed by atoms with Gasteiger partial charge in [-0.05, 0) is 12.5 Å². The fourth-order valence-corrected chi connectivity index (χ4v) is 2.34. The molecule has 0 saturated heterocycles. The van der Waals surface area contributed by atoms with Crippen molar-refractivity contribution < 1.29 is 22.7 Å². The molecule has 0 saturated carbocycles. The summed E-state index contributed by atoms with van der Waals surface area (Å²) in [6, 6.07) is -0.599. The maximum atomic E-state index is 12.9. The molecule has 1 atom stereocenters. The van der Waals surface area contributed by atoms with Gasteiger partial charge in [-0.25, -0.2) is 12.8 Å². The third kappa shape index (κ3) is 3.60. The van der Waals surface area contributed by atoms with Gasteiger partial charge < -0.3 is 5.11 Å². The Labute approximate surface area is 103 Å². The van der Waals surface area contributed by atoms with Crippen molar-refractivity contribution in [2.75, 3.05) is 0 Å². The number of aromatic nitrogens is 1. The zero-order chi connectivity index (χ0) is 13.8. The van der Waals surface area contributed by atoms with E-state index >= 15 is 0 Å². The first-order chi connectivity index (χ1) is 8.36. The van der Waals surface area contributed by atoms with E-state index in [0.29, 0.717) is 0 Å². The fraction of sp³-hybridized carbons (Fsp3) is 0.200. The molecule has 98 valence electrons. The molecule has 0 radical (unpaired) electrons. The van der Waals surface area contributed by atoms with E-state index in [4.69, 9.17) is 5.11 Å². The first-order valence-electron chi connectivity index (χ1n) is 4.83. The summed E-state index contributed by atoms with van der Waals surface area (Å²) in [4.78, 5) is 13.8. The molecule has 2 N–H and O–H groups in total. The van der Waals surface area contributed by atoms with Gasteiger partial charge in [0.1, 0.15) is 16.8 Å². The topological polar surface area (TPSA) is 96.4 Å². The third-order valence-corrected chi connectivity index (χ3v) is 3.43. The molecule has 0 aromatic carbocycles. The van der Waals surface area contributed by atoms with Crippen molar-refractivity contribution >= 4 is 16.0 Å². The number of nitrogens with one attached hydrogen (secondary N) is 1. The minimum Gasteiger partial charge on any atom is -0.480 e. The predicted molar refractivity (Wildman–Crippen MR) is 60.8 cm³/mol. The van der Waals surface area contributed by atoms with E-state index in [0.717, 1.165) is 18.5 Å². The van der Waals surface area contributed by atoms with Crippen LogP contribution in [0.4, 0.5) is 4.39 Å². The Morgan fingerprint density at radius 3 is 2.78 bits per heavy atom. The minimum atomic E-state index is -4.13. The summed E-state index contributed by atoms with van der Waals surface area (Å²) in [5.41, 5.74) is 0. The van der Waals surface area contributed by atoms with Crippen LogP contribution in [0.2, 0.25) is 0 Å². The van der Waals surface area contributed by atoms with Gasteiger partial charge in [-0.3, -0.25) is 9.78 Å². The number of sulfonamides is 1. The molecule has 1 aromatic rings. The summed E-state index contributed by atoms with van der Waals surface area (Å²) in [7, 11) is -4.13. The summed E-state index contributed by atoms with van der Waals surface area (Å²) in [5.74, 6) is -2.17. The van der Waals surface area contributed by atoms with Gasteiger partial charge in [-0.1, -0.05) is 6.08 Å². The summed E-state index contributed by atoms with van der Waals surface area (Å²) in [5, 5.41) is 8.80. The molecule has 0 fully saturated rings. The highest BCUT2D eigenvalue weighted by Crippen LogP contribution is 2.10. The molecule has 0 aliphatic heterocycles. The SMILES string of the molecule is C=CCC(NS(=O)(=O)c1cncc(F)c1)C(=O)O. The molecule has 1 rings (SSSR count). The predicted octanol–water partition coefficient (Wildman–Crippen LogP) is 0.528. The second-order valence-electron chi connectivity index (χ2n) is 3.38. The number of hydrogen-bond donors (Lipinski definition) is 2. The van der Waals surface area contributed by atoms with Gasteiger partial charge in [0.15, 0.2) is 0 Å². The van der Waals surface area contributed by atoms with Crippen molar-refractivity contribution in [2.24, 2.45) is 0 Å². The average Bonchev–Trinajstić information content (AvgIpc) is 2.28. The summed E-state index contributed by atoms with van der Waals surface area (Å²) < 4.78 is 38.3. The molecule has 1 unspecified atom stereocenters. The number of carbonyl (C=O) groups is 1. The third-order valence-electron chi connectivity index (χ3n) is 1.99. The smallest absolute Gasteiger partial charge is 0.322 e. The van der Waals surface area contributed by atoms with E-state index in [1.165, 1.54) is 6.08 Å². The van der Waals surface area contributed by atoms with E-state index in [2.05, 4.69) is 11.6 Å². The number of rotatable bonds is 6. The maximum absolute atomic E-state index is 12.9. The van der Waals surface area contributed by atoms with Gasteiger partial charge in [0.2, 0.25) is 10.0 Å². The van der Waals surface area contributed by atoms with Crippen LogP contribution in [0.3, 0.4) is 0 Å². The average molecular weight is 274 g/mol. The zero-order valence-corrected chi connectivity index (χ0v) is 10.0. The lowest BCUT2D eigenvalue weighted by Crippen LogP contribution is -2.40. The molecule has 0 aliphatic rings. The highest BCUT2D eigenvalue weighted by atomic mass is 32.2. The van der Waals surface area contributed by atoms with Crippen molar-refractivity contribution in [3.8, 4) is 0 Å². The summed E-state index contributed by atoms with van der Waals surface area (Å²) >= 11 is 0. The highest BCUT2D eigenvalue weighted by Gasteiger charge is 2.24. The molecule has 0 amide bonds. The van der Waals surface area contributed by atoms with Crippen LogP contribution in [0.1, 0.15) is 6.42 Å². The van der Waals surface area contributed by atoms with Crippen LogP contribution < -0.4 is 4.72 Å². The molecule has 8 heteroatoms. The molecular weight excluding hydrogens is 263 g/mol. The van der Waals surface area contributed by atoms with Crippen LogP contribution >= 0.6 is 0 Å². The first-order valence-corrected chi connectivity index (χ1v) is 6.31. The van der Waals surface area contributed by atoms with Gasteiger partial charge in [0, 0.05) is 6.20 Å². The Hall–Kier alpha value is -1.80. The van der Waals surface area contributed by atoms with Gasteiger partial charge >= 0.3 is 5.97 Å². The van der Waals surface area contributed by atoms with Crippen molar-refractivity contribution in [1.82, 2.24) is 9.71 Å². The van der Waals surface area contributed by atoms with Gasteiger partial charge in [-0.2, -0.15) is 4.72 Å². The molecular formula is C10H11FN2O4S. The maximum Gasteiger partial charge on any atom is 0.322 e. The van der Waals surface area contributed by atoms with Crippen molar-refractivity contribution in [3.05, 3.63) is 36.9 Å². The molecule has 18 heavy (non-hydrogen) atoms. The van der Waals surface area contributed by atoms with Crippen molar-refractivity contribution in [1.29, 1.82) is 0 Å². The fourth-order valence-electron chi connectivity index (χ4n) is 1.16. The Balaban J connectivity index is 3.00. The molecule has 0 bridgehead atoms. The molecule has 0 aliphatic carbocycles. The lowest BCUT2D eigenvalue weighted by Gasteiger charge is -2.12. The number of nitrogens with zero attached hydrogens (tertiary/aromatic N) is 1. The Morgan fingerprint density at radius 1 is 1.61 bits per heavy atom. The van der Waals surface area contributed by atoms with Gasteiger partial charge in [0.05, 0.1) is 6.20 Å². The Kier molecular flexibility index (Phi) is 4.51. The number of hydrogen-bond acceptors (Lipinski definition) is 4. The van der Waals surface area contributed by atoms with E-state index in [1.54, 1.807) is 0 Å². The van der Waals surface area contributed by atoms with Crippen LogP contribution in [-0.4, -0.2) is 30.5 Å². The zero-order valence-electron chi connectivity index (χ0n) is 9.21. The number of carboxylic acid groups (broad SMARTS) is 1. The van der Waals surface area contributed by atoms with Crippen LogP contribution in [0.25, 0.3) is 0 Å². The number of aliphatic carboxylic acids is 1. The normalized spacial score (nSPS) is 12.9. The number of halogens is 1. The second kappa shape index (κ2) is 5.69. The molecule has 1 heterocycles. The van der Waals surface area contributed by atoms with E-state index in [9.17, 15) is 17.6 Å².